The first-order chi connectivity index (χ1) is 7.19. The maximum absolute atomic E-state index is 12.9. The highest BCUT2D eigenvalue weighted by atomic mass is 79.9. The summed E-state index contributed by atoms with van der Waals surface area (Å²) >= 11 is 3.37. The lowest BCUT2D eigenvalue weighted by atomic mass is 10.0. The van der Waals surface area contributed by atoms with Crippen LogP contribution in [0.1, 0.15) is 24.9 Å². The minimum Gasteiger partial charge on any atom is -0.310 e. The molecule has 1 unspecified atom stereocenters. The average Bonchev–Trinajstić information content (AvgIpc) is 2.17. The predicted octanol–water partition coefficient (Wildman–Crippen LogP) is 3.81. The molecule has 0 spiro atoms. The van der Waals surface area contributed by atoms with E-state index in [-0.39, 0.29) is 11.9 Å². The molecule has 0 aliphatic carbocycles. The van der Waals surface area contributed by atoms with Crippen LogP contribution >= 0.6 is 15.9 Å². The molecule has 82 valence electrons. The second-order valence-corrected chi connectivity index (χ2v) is 4.15. The van der Waals surface area contributed by atoms with Crippen LogP contribution in [0.5, 0.6) is 0 Å². The maximum atomic E-state index is 12.9. The van der Waals surface area contributed by atoms with Gasteiger partial charge in [-0.15, -0.1) is 6.58 Å². The van der Waals surface area contributed by atoms with E-state index in [1.807, 2.05) is 13.0 Å². The van der Waals surface area contributed by atoms with Gasteiger partial charge in [-0.2, -0.15) is 0 Å². The van der Waals surface area contributed by atoms with Gasteiger partial charge >= 0.3 is 0 Å². The van der Waals surface area contributed by atoms with Gasteiger partial charge in [0.15, 0.2) is 0 Å². The normalized spacial score (nSPS) is 12.5. The summed E-state index contributed by atoms with van der Waals surface area (Å²) in [5.74, 6) is -0.223. The molecule has 0 heterocycles. The van der Waals surface area contributed by atoms with E-state index in [1.54, 1.807) is 6.07 Å². The van der Waals surface area contributed by atoms with Gasteiger partial charge in [-0.05, 0) is 30.7 Å². The molecule has 1 nitrogen and oxygen atoms in total. The van der Waals surface area contributed by atoms with Crippen LogP contribution in [0.4, 0.5) is 4.39 Å². The molecule has 0 amide bonds. The molecule has 0 saturated carbocycles. The molecule has 1 atom stereocenters. The van der Waals surface area contributed by atoms with Gasteiger partial charge in [0.05, 0.1) is 0 Å². The van der Waals surface area contributed by atoms with Crippen molar-refractivity contribution in [3.63, 3.8) is 0 Å². The smallest absolute Gasteiger partial charge is 0.124 e. The highest BCUT2D eigenvalue weighted by molar-refractivity contribution is 9.10. The third-order valence-electron chi connectivity index (χ3n) is 2.19. The van der Waals surface area contributed by atoms with Gasteiger partial charge in [-0.3, -0.25) is 0 Å². The summed E-state index contributed by atoms with van der Waals surface area (Å²) in [6, 6.07) is 4.97. The summed E-state index contributed by atoms with van der Waals surface area (Å²) in [5.41, 5.74) is 1.07. The minimum atomic E-state index is -0.223. The monoisotopic (exact) mass is 271 g/mol. The Morgan fingerprint density at radius 3 is 2.87 bits per heavy atom. The zero-order valence-electron chi connectivity index (χ0n) is 8.76. The van der Waals surface area contributed by atoms with Crippen LogP contribution in [0, 0.1) is 5.82 Å². The van der Waals surface area contributed by atoms with Crippen LogP contribution in [0.15, 0.2) is 35.3 Å². The van der Waals surface area contributed by atoms with Crippen molar-refractivity contribution >= 4 is 15.9 Å². The quantitative estimate of drug-likeness (QED) is 0.803. The van der Waals surface area contributed by atoms with E-state index in [4.69, 9.17) is 0 Å². The Balaban J connectivity index is 2.94. The molecule has 0 bridgehead atoms. The molecule has 0 aromatic heterocycles. The van der Waals surface area contributed by atoms with E-state index in [9.17, 15) is 4.39 Å². The van der Waals surface area contributed by atoms with Crippen LogP contribution < -0.4 is 5.32 Å². The second kappa shape index (κ2) is 6.03. The first-order valence-corrected chi connectivity index (χ1v) is 5.77. The molecule has 0 fully saturated rings. The Morgan fingerprint density at radius 1 is 1.60 bits per heavy atom. The highest BCUT2D eigenvalue weighted by Gasteiger charge is 2.12. The molecule has 0 radical (unpaired) electrons. The van der Waals surface area contributed by atoms with Gasteiger partial charge in [-0.1, -0.05) is 35.0 Å². The Bertz CT molecular complexity index is 338. The fourth-order valence-corrected chi connectivity index (χ4v) is 2.14. The Kier molecular flexibility index (Phi) is 4.99. The number of nitrogens with one attached hydrogen (secondary N) is 1. The van der Waals surface area contributed by atoms with Crippen LogP contribution in [0.2, 0.25) is 0 Å². The van der Waals surface area contributed by atoms with E-state index >= 15 is 0 Å². The van der Waals surface area contributed by atoms with Gasteiger partial charge in [-0.25, -0.2) is 4.39 Å². The molecule has 1 aromatic rings. The highest BCUT2D eigenvalue weighted by Crippen LogP contribution is 2.26. The number of rotatable bonds is 5. The zero-order valence-corrected chi connectivity index (χ0v) is 10.3. The van der Waals surface area contributed by atoms with Crippen molar-refractivity contribution in [1.82, 2.24) is 5.32 Å². The summed E-state index contributed by atoms with van der Waals surface area (Å²) < 4.78 is 13.7. The predicted molar refractivity (Wildman–Crippen MR) is 65.3 cm³/mol. The first kappa shape index (κ1) is 12.4. The molecular formula is C12H15BrFN. The Hall–Kier alpha value is -0.670. The van der Waals surface area contributed by atoms with E-state index in [0.29, 0.717) is 0 Å². The molecule has 1 aromatic carbocycles. The average molecular weight is 272 g/mol. The third kappa shape index (κ3) is 3.43. The van der Waals surface area contributed by atoms with Gasteiger partial charge in [0.1, 0.15) is 5.82 Å². The molecule has 0 aliphatic heterocycles. The van der Waals surface area contributed by atoms with Crippen molar-refractivity contribution in [3.8, 4) is 0 Å². The van der Waals surface area contributed by atoms with E-state index in [2.05, 4.69) is 27.8 Å². The molecule has 1 rings (SSSR count). The summed E-state index contributed by atoms with van der Waals surface area (Å²) in [4.78, 5) is 0. The fraction of sp³-hybridized carbons (Fsp3) is 0.333. The number of benzene rings is 1. The van der Waals surface area contributed by atoms with Gasteiger partial charge in [0, 0.05) is 10.5 Å². The third-order valence-corrected chi connectivity index (χ3v) is 2.88. The van der Waals surface area contributed by atoms with Gasteiger partial charge in [0.25, 0.3) is 0 Å². The largest absolute Gasteiger partial charge is 0.310 e. The van der Waals surface area contributed by atoms with Crippen LogP contribution in [0.25, 0.3) is 0 Å². The van der Waals surface area contributed by atoms with Crippen molar-refractivity contribution < 1.29 is 4.39 Å². The van der Waals surface area contributed by atoms with Gasteiger partial charge in [0.2, 0.25) is 0 Å². The molecule has 3 heteroatoms. The van der Waals surface area contributed by atoms with Crippen molar-refractivity contribution in [1.29, 1.82) is 0 Å². The molecular weight excluding hydrogens is 257 g/mol. The Labute approximate surface area is 98.5 Å². The van der Waals surface area contributed by atoms with Crippen molar-refractivity contribution in [2.24, 2.45) is 0 Å². The van der Waals surface area contributed by atoms with E-state index in [1.165, 1.54) is 12.1 Å². The van der Waals surface area contributed by atoms with Crippen molar-refractivity contribution in [3.05, 3.63) is 46.7 Å². The van der Waals surface area contributed by atoms with Crippen LogP contribution in [0.3, 0.4) is 0 Å². The standard InChI is InChI=1S/C12H15BrFN/c1-3-5-12(15-4-2)10-7-6-9(14)8-11(10)13/h3,6-8,12,15H,1,4-5H2,2H3. The van der Waals surface area contributed by atoms with Crippen LogP contribution in [-0.2, 0) is 0 Å². The fourth-order valence-electron chi connectivity index (χ4n) is 1.52. The second-order valence-electron chi connectivity index (χ2n) is 3.30. The van der Waals surface area contributed by atoms with Crippen molar-refractivity contribution in [2.75, 3.05) is 6.54 Å². The summed E-state index contributed by atoms with van der Waals surface area (Å²) in [7, 11) is 0. The number of halogens is 2. The summed E-state index contributed by atoms with van der Waals surface area (Å²) in [6.07, 6.45) is 2.70. The molecule has 15 heavy (non-hydrogen) atoms. The lowest BCUT2D eigenvalue weighted by molar-refractivity contribution is 0.554. The number of hydrogen-bond donors (Lipinski definition) is 1. The zero-order chi connectivity index (χ0) is 11.3. The van der Waals surface area contributed by atoms with E-state index < -0.39 is 0 Å². The molecule has 1 N–H and O–H groups in total. The van der Waals surface area contributed by atoms with Crippen molar-refractivity contribution in [2.45, 2.75) is 19.4 Å². The number of hydrogen-bond acceptors (Lipinski definition) is 1. The first-order valence-electron chi connectivity index (χ1n) is 4.98. The summed E-state index contributed by atoms with van der Waals surface area (Å²) in [5, 5.41) is 3.34. The van der Waals surface area contributed by atoms with E-state index in [0.717, 1.165) is 23.0 Å². The van der Waals surface area contributed by atoms with Crippen LogP contribution in [-0.4, -0.2) is 6.54 Å². The lowest BCUT2D eigenvalue weighted by Crippen LogP contribution is -2.20. The topological polar surface area (TPSA) is 12.0 Å². The Morgan fingerprint density at radius 2 is 2.33 bits per heavy atom. The summed E-state index contributed by atoms with van der Waals surface area (Å²) in [6.45, 7) is 6.65. The SMILES string of the molecule is C=CCC(NCC)c1ccc(F)cc1Br. The van der Waals surface area contributed by atoms with Gasteiger partial charge < -0.3 is 5.32 Å². The maximum Gasteiger partial charge on any atom is 0.124 e. The lowest BCUT2D eigenvalue weighted by Gasteiger charge is -2.18. The minimum absolute atomic E-state index is 0.197. The molecule has 0 aliphatic rings. The molecule has 0 saturated heterocycles.